The quantitative estimate of drug-likeness (QED) is 0.0438. The van der Waals surface area contributed by atoms with Gasteiger partial charge in [-0.2, -0.15) is 96.6 Å². The maximum atomic E-state index is 15.0. The highest BCUT2D eigenvalue weighted by Gasteiger charge is 2.70. The Morgan fingerprint density at radius 2 is 0.696 bits per heavy atom. The van der Waals surface area contributed by atoms with Crippen molar-refractivity contribution in [1.82, 2.24) is 0 Å². The molecule has 0 amide bonds. The fourth-order valence-corrected chi connectivity index (χ4v) is 4.85. The Bertz CT molecular complexity index is 1910. The zero-order chi connectivity index (χ0) is 62.0. The van der Waals surface area contributed by atoms with Crippen LogP contribution < -0.4 is 0 Å². The number of halogens is 31. The molecule has 0 aromatic rings. The van der Waals surface area contributed by atoms with E-state index in [1.54, 1.807) is 0 Å². The van der Waals surface area contributed by atoms with Gasteiger partial charge in [0.05, 0.1) is 26.4 Å². The fraction of sp³-hybridized carbons (Fsp3) is 0.944. The molecule has 12 nitrogen and oxygen atoms in total. The van der Waals surface area contributed by atoms with Crippen LogP contribution in [0.2, 0.25) is 0 Å². The molecule has 0 aliphatic heterocycles. The molecule has 0 radical (unpaired) electrons. The van der Waals surface area contributed by atoms with Crippen LogP contribution in [0.5, 0.6) is 0 Å². The molecule has 0 aromatic carbocycles. The lowest BCUT2D eigenvalue weighted by Gasteiger charge is -2.42. The smallest absolute Gasteiger partial charge is 0.460 e. The third-order valence-electron chi connectivity index (χ3n) is 9.37. The summed E-state index contributed by atoms with van der Waals surface area (Å²) in [5.41, 5.74) is 0. The number of carbonyl (C=O) groups is 2. The molecule has 43 heteroatoms. The normalized spacial score (nSPS) is 19.7. The molecule has 0 spiro atoms. The predicted octanol–water partition coefficient (Wildman–Crippen LogP) is 11.2. The van der Waals surface area contributed by atoms with Crippen LogP contribution >= 0.6 is 0 Å². The maximum absolute atomic E-state index is 15.0. The van der Waals surface area contributed by atoms with Crippen LogP contribution in [-0.2, 0) is 57.0 Å². The number of ether oxygens (including phenoxy) is 10. The van der Waals surface area contributed by atoms with Gasteiger partial charge in [-0.15, -0.1) is 0 Å². The van der Waals surface area contributed by atoms with Crippen LogP contribution in [-0.4, -0.2) is 187 Å². The molecule has 0 saturated heterocycles. The number of hydrogen-bond acceptors (Lipinski definition) is 12. The summed E-state index contributed by atoms with van der Waals surface area (Å²) in [5, 5.41) is 0. The molecule has 1 fully saturated rings. The topological polar surface area (TPSA) is 126 Å². The average Bonchev–Trinajstić information content (AvgIpc) is 3.23. The minimum atomic E-state index is -6.74. The molecule has 1 rings (SSSR count). The summed E-state index contributed by atoms with van der Waals surface area (Å²) in [6, 6.07) is 0. The Morgan fingerprint density at radius 3 is 1.00 bits per heavy atom. The summed E-state index contributed by atoms with van der Waals surface area (Å²) >= 11 is 0. The van der Waals surface area contributed by atoms with Gasteiger partial charge in [-0.3, -0.25) is 0 Å². The van der Waals surface area contributed by atoms with Crippen molar-refractivity contribution in [2.75, 3.05) is 79.3 Å². The van der Waals surface area contributed by atoms with E-state index in [2.05, 4.69) is 47.4 Å². The van der Waals surface area contributed by atoms with Crippen molar-refractivity contribution < 1.29 is 193 Å². The summed E-state index contributed by atoms with van der Waals surface area (Å²) in [4.78, 5) is 23.0. The molecule has 0 heterocycles. The van der Waals surface area contributed by atoms with E-state index in [9.17, 15) is 141 Å². The van der Waals surface area contributed by atoms with Crippen molar-refractivity contribution in [2.24, 2.45) is 0 Å². The van der Waals surface area contributed by atoms with Gasteiger partial charge in [-0.25, -0.2) is 49.1 Å². The Morgan fingerprint density at radius 1 is 0.380 bits per heavy atom. The number of carbonyl (C=O) groups excluding carboxylic acids is 2. The Balaban J connectivity index is 2.53. The van der Waals surface area contributed by atoms with Crippen molar-refractivity contribution in [3.63, 3.8) is 0 Å². The molecule has 0 bridgehead atoms. The molecule has 4 unspecified atom stereocenters. The van der Waals surface area contributed by atoms with Gasteiger partial charge in [-0.1, -0.05) is 0 Å². The van der Waals surface area contributed by atoms with Gasteiger partial charge in [0.25, 0.3) is 23.7 Å². The van der Waals surface area contributed by atoms with Crippen LogP contribution in [0, 0.1) is 0 Å². The van der Waals surface area contributed by atoms with Crippen LogP contribution in [0.1, 0.15) is 38.5 Å². The van der Waals surface area contributed by atoms with Crippen LogP contribution in [0.4, 0.5) is 136 Å². The largest absolute Gasteiger partial charge is 0.461 e. The van der Waals surface area contributed by atoms with Crippen LogP contribution in [0.3, 0.4) is 0 Å². The lowest BCUT2D eigenvalue weighted by Crippen LogP contribution is -2.54. The molecule has 0 aromatic heterocycles. The van der Waals surface area contributed by atoms with Crippen molar-refractivity contribution in [3.05, 3.63) is 0 Å². The van der Waals surface area contributed by atoms with E-state index in [1.165, 1.54) is 0 Å². The highest BCUT2D eigenvalue weighted by Crippen LogP contribution is 2.45. The second-order valence-electron chi connectivity index (χ2n) is 16.2. The monoisotopic (exact) mass is 1250 g/mol. The van der Waals surface area contributed by atoms with E-state index < -0.39 is 226 Å². The van der Waals surface area contributed by atoms with Gasteiger partial charge in [0.2, 0.25) is 5.85 Å². The summed E-state index contributed by atoms with van der Waals surface area (Å²) in [6.07, 6.45) is -47.3. The van der Waals surface area contributed by atoms with Crippen molar-refractivity contribution in [2.45, 2.75) is 135 Å². The van der Waals surface area contributed by atoms with Crippen molar-refractivity contribution >= 4 is 11.9 Å². The van der Waals surface area contributed by atoms with Gasteiger partial charge in [0.1, 0.15) is 59.0 Å². The Labute approximate surface area is 419 Å². The highest BCUT2D eigenvalue weighted by molar-refractivity contribution is 5.79. The average molecular weight is 1250 g/mol. The summed E-state index contributed by atoms with van der Waals surface area (Å²) in [7, 11) is 0. The summed E-state index contributed by atoms with van der Waals surface area (Å²) in [6.45, 7) is -27.1. The van der Waals surface area contributed by atoms with E-state index >= 15 is 4.39 Å². The Kier molecular flexibility index (Phi) is 24.5. The highest BCUT2D eigenvalue weighted by atomic mass is 19.4. The molecule has 1 aliphatic carbocycles. The number of alkyl halides is 31. The summed E-state index contributed by atoms with van der Waals surface area (Å²) < 4.78 is 451. The molecule has 1 saturated carbocycles. The Hall–Kier alpha value is -3.55. The number of esters is 2. The number of hydrogen-bond donors (Lipinski definition) is 0. The van der Waals surface area contributed by atoms with E-state index in [1.807, 2.05) is 0 Å². The van der Waals surface area contributed by atoms with Gasteiger partial charge in [0.15, 0.2) is 0 Å². The van der Waals surface area contributed by atoms with E-state index in [4.69, 9.17) is 0 Å². The lowest BCUT2D eigenvalue weighted by molar-refractivity contribution is -0.358. The maximum Gasteiger partial charge on any atom is 0.460 e. The zero-order valence-electron chi connectivity index (χ0n) is 38.4. The van der Waals surface area contributed by atoms with Gasteiger partial charge < -0.3 is 47.4 Å². The van der Waals surface area contributed by atoms with Crippen LogP contribution in [0.25, 0.3) is 0 Å². The molecule has 4 atom stereocenters. The minimum Gasteiger partial charge on any atom is -0.461 e. The minimum absolute atomic E-state index is 0.536. The first-order valence-corrected chi connectivity index (χ1v) is 20.7. The van der Waals surface area contributed by atoms with Gasteiger partial charge in [0, 0.05) is 32.1 Å². The van der Waals surface area contributed by atoms with Gasteiger partial charge >= 0.3 is 72.4 Å². The lowest BCUT2D eigenvalue weighted by atomic mass is 9.88. The predicted molar refractivity (Wildman–Crippen MR) is 186 cm³/mol. The second-order valence-corrected chi connectivity index (χ2v) is 16.2. The van der Waals surface area contributed by atoms with E-state index in [0.717, 1.165) is 0 Å². The van der Waals surface area contributed by atoms with Gasteiger partial charge in [-0.05, 0) is 6.42 Å². The van der Waals surface area contributed by atoms with Crippen molar-refractivity contribution in [3.8, 4) is 0 Å². The fourth-order valence-electron chi connectivity index (χ4n) is 4.85. The molecule has 79 heavy (non-hydrogen) atoms. The third kappa shape index (κ3) is 23.3. The van der Waals surface area contributed by atoms with Crippen LogP contribution in [0.15, 0.2) is 0 Å². The first-order chi connectivity index (χ1) is 35.0. The van der Waals surface area contributed by atoms with E-state index in [-0.39, 0.29) is 0 Å². The van der Waals surface area contributed by atoms with Crippen molar-refractivity contribution in [1.29, 1.82) is 0 Å². The molecule has 470 valence electrons. The van der Waals surface area contributed by atoms with E-state index in [0.29, 0.717) is 0 Å². The zero-order valence-corrected chi connectivity index (χ0v) is 38.4. The first-order valence-electron chi connectivity index (χ1n) is 20.7. The molecular formula is C36H37F31O12. The second kappa shape index (κ2) is 26.4. The standard InChI is InChI=1S/C36H37F31O12/c37-22(38,3-7-72-20(68)31(54,35(62,63)64)78-15-27(46,47)33(56,57)58)11-70-17-29(50,51)75-9-5-24(41,42)13-74-19-1-2-26(19,45)77-14-25(43,44)6-10-76-30(52,53)18-71-12-23(39,40)4-8-73-21(69)32(55,36(65,66)67)79-16-28(48,49)34(59,60)61/h19H,1-18H2. The third-order valence-corrected chi connectivity index (χ3v) is 9.37. The SMILES string of the molecule is O=C(OCCC(F)(F)COCC(F)(F)OCCC(F)(F)COC1CCC1(F)OCC(F)(F)CCOC(F)(F)COCC(F)(F)CCOC(=O)C(F)(OCC(F)(F)C(F)(F)F)C(F)(F)F)C(F)(OCC(F)(F)C(F)(F)F)C(F)(F)F. The first kappa shape index (κ1) is 73.5. The molecular weight excluding hydrogens is 1210 g/mol. The summed E-state index contributed by atoms with van der Waals surface area (Å²) in [5.74, 6) is -52.3. The number of rotatable bonds is 36. The molecule has 1 aliphatic rings. The molecule has 0 N–H and O–H groups in total.